The van der Waals surface area contributed by atoms with E-state index in [2.05, 4.69) is 15.3 Å². The smallest absolute Gasteiger partial charge is 0.180 e. The van der Waals surface area contributed by atoms with Crippen molar-refractivity contribution in [3.63, 3.8) is 0 Å². The van der Waals surface area contributed by atoms with Gasteiger partial charge in [0, 0.05) is 24.5 Å². The minimum Gasteiger partial charge on any atom is -0.375 e. The predicted molar refractivity (Wildman–Crippen MR) is 67.7 cm³/mol. The number of nitrogen functional groups attached to an aromatic ring is 1. The molecule has 3 N–H and O–H groups in total. The van der Waals surface area contributed by atoms with Crippen LogP contribution in [0.2, 0.25) is 0 Å². The molecule has 0 aliphatic carbocycles. The lowest BCUT2D eigenvalue weighted by atomic mass is 10.3. The summed E-state index contributed by atoms with van der Waals surface area (Å²) in [5.74, 6) is 0.757. The second-order valence-electron chi connectivity index (χ2n) is 3.40. The normalized spacial score (nSPS) is 9.82. The number of nitriles is 1. The van der Waals surface area contributed by atoms with E-state index in [4.69, 9.17) is 11.0 Å². The van der Waals surface area contributed by atoms with Crippen LogP contribution >= 0.6 is 11.3 Å². The Bertz CT molecular complexity index is 526. The molecular formula is C11H11N5S. The first-order valence-electron chi connectivity index (χ1n) is 5.08. The molecule has 0 radical (unpaired) electrons. The number of nitrogens with one attached hydrogen (secondary N) is 1. The molecule has 2 aromatic rings. The van der Waals surface area contributed by atoms with Gasteiger partial charge in [-0.25, -0.2) is 9.97 Å². The quantitative estimate of drug-likeness (QED) is 0.855. The maximum atomic E-state index is 8.63. The van der Waals surface area contributed by atoms with Crippen LogP contribution < -0.4 is 11.1 Å². The molecule has 2 heterocycles. The van der Waals surface area contributed by atoms with Crippen LogP contribution in [-0.2, 0) is 6.42 Å². The zero-order chi connectivity index (χ0) is 12.1. The average molecular weight is 245 g/mol. The van der Waals surface area contributed by atoms with Crippen molar-refractivity contribution in [2.75, 3.05) is 17.6 Å². The highest BCUT2D eigenvalue weighted by Crippen LogP contribution is 2.11. The number of thiazole rings is 1. The summed E-state index contributed by atoms with van der Waals surface area (Å²) in [5, 5.41) is 14.3. The average Bonchev–Trinajstić information content (AvgIpc) is 2.76. The second-order valence-corrected chi connectivity index (χ2v) is 4.29. The number of rotatable bonds is 4. The summed E-state index contributed by atoms with van der Waals surface area (Å²) in [6.45, 7) is 0.738. The Labute approximate surface area is 103 Å². The standard InChI is InChI=1S/C11H11N5S/c12-5-8-1-2-10(15-6-8)14-4-3-9-7-17-11(13)16-9/h1-2,6-7H,3-4H2,(H2,13,16)(H,14,15). The maximum Gasteiger partial charge on any atom is 0.180 e. The van der Waals surface area contributed by atoms with Crippen molar-refractivity contribution in [3.05, 3.63) is 35.0 Å². The molecule has 0 unspecified atom stereocenters. The molecule has 0 aliphatic heterocycles. The molecule has 0 fully saturated rings. The van der Waals surface area contributed by atoms with Gasteiger partial charge in [0.15, 0.2) is 5.13 Å². The fourth-order valence-electron chi connectivity index (χ4n) is 1.32. The van der Waals surface area contributed by atoms with Crippen LogP contribution in [0.15, 0.2) is 23.7 Å². The highest BCUT2D eigenvalue weighted by Gasteiger charge is 1.99. The predicted octanol–water partition coefficient (Wildman–Crippen LogP) is 1.65. The highest BCUT2D eigenvalue weighted by molar-refractivity contribution is 7.13. The van der Waals surface area contributed by atoms with E-state index in [0.717, 1.165) is 24.5 Å². The largest absolute Gasteiger partial charge is 0.375 e. The van der Waals surface area contributed by atoms with Gasteiger partial charge in [-0.05, 0) is 12.1 Å². The van der Waals surface area contributed by atoms with Crippen LogP contribution in [0.4, 0.5) is 10.9 Å². The van der Waals surface area contributed by atoms with E-state index in [1.54, 1.807) is 18.3 Å². The fraction of sp³-hybridized carbons (Fsp3) is 0.182. The maximum absolute atomic E-state index is 8.63. The van der Waals surface area contributed by atoms with Crippen LogP contribution in [0.3, 0.4) is 0 Å². The van der Waals surface area contributed by atoms with Gasteiger partial charge in [0.2, 0.25) is 0 Å². The summed E-state index contributed by atoms with van der Waals surface area (Å²) in [6.07, 6.45) is 2.35. The zero-order valence-corrected chi connectivity index (χ0v) is 9.87. The number of aromatic nitrogens is 2. The van der Waals surface area contributed by atoms with Crippen molar-refractivity contribution in [1.82, 2.24) is 9.97 Å². The van der Waals surface area contributed by atoms with Gasteiger partial charge in [-0.2, -0.15) is 5.26 Å². The summed E-state index contributed by atoms with van der Waals surface area (Å²) >= 11 is 1.44. The lowest BCUT2D eigenvalue weighted by Gasteiger charge is -2.03. The van der Waals surface area contributed by atoms with E-state index >= 15 is 0 Å². The van der Waals surface area contributed by atoms with Gasteiger partial charge in [0.05, 0.1) is 11.3 Å². The van der Waals surface area contributed by atoms with Crippen molar-refractivity contribution >= 4 is 22.3 Å². The van der Waals surface area contributed by atoms with Crippen molar-refractivity contribution in [2.24, 2.45) is 0 Å². The van der Waals surface area contributed by atoms with Gasteiger partial charge in [-0.1, -0.05) is 0 Å². The molecular weight excluding hydrogens is 234 g/mol. The topological polar surface area (TPSA) is 87.6 Å². The Balaban J connectivity index is 1.84. The SMILES string of the molecule is N#Cc1ccc(NCCc2csc(N)n2)nc1. The molecule has 2 aromatic heterocycles. The molecule has 17 heavy (non-hydrogen) atoms. The summed E-state index contributed by atoms with van der Waals surface area (Å²) in [4.78, 5) is 8.27. The molecule has 0 spiro atoms. The Morgan fingerprint density at radius 1 is 1.47 bits per heavy atom. The minimum absolute atomic E-state index is 0.558. The summed E-state index contributed by atoms with van der Waals surface area (Å²) in [6, 6.07) is 5.54. The van der Waals surface area contributed by atoms with Crippen molar-refractivity contribution in [1.29, 1.82) is 5.26 Å². The first kappa shape index (κ1) is 11.4. The third-order valence-corrected chi connectivity index (χ3v) is 2.87. The third-order valence-electron chi connectivity index (χ3n) is 2.15. The van der Waals surface area contributed by atoms with E-state index in [9.17, 15) is 0 Å². The highest BCUT2D eigenvalue weighted by atomic mass is 32.1. The number of nitrogens with two attached hydrogens (primary N) is 1. The van der Waals surface area contributed by atoms with Gasteiger partial charge in [-0.15, -0.1) is 11.3 Å². The van der Waals surface area contributed by atoms with E-state index in [1.165, 1.54) is 11.3 Å². The molecule has 5 nitrogen and oxygen atoms in total. The van der Waals surface area contributed by atoms with E-state index in [-0.39, 0.29) is 0 Å². The molecule has 0 saturated carbocycles. The molecule has 2 rings (SSSR count). The fourth-order valence-corrected chi connectivity index (χ4v) is 1.92. The van der Waals surface area contributed by atoms with Gasteiger partial charge in [-0.3, -0.25) is 0 Å². The number of hydrogen-bond acceptors (Lipinski definition) is 6. The first-order valence-corrected chi connectivity index (χ1v) is 5.96. The van der Waals surface area contributed by atoms with Crippen molar-refractivity contribution in [3.8, 4) is 6.07 Å². The number of anilines is 2. The zero-order valence-electron chi connectivity index (χ0n) is 9.05. The van der Waals surface area contributed by atoms with Crippen LogP contribution in [-0.4, -0.2) is 16.5 Å². The number of nitrogens with zero attached hydrogens (tertiary/aromatic N) is 3. The molecule has 0 amide bonds. The van der Waals surface area contributed by atoms with Gasteiger partial charge in [0.25, 0.3) is 0 Å². The Kier molecular flexibility index (Phi) is 3.52. The molecule has 6 heteroatoms. The molecule has 0 aromatic carbocycles. The lowest BCUT2D eigenvalue weighted by Crippen LogP contribution is -2.06. The summed E-state index contributed by atoms with van der Waals surface area (Å²) in [5.41, 5.74) is 7.08. The minimum atomic E-state index is 0.558. The van der Waals surface area contributed by atoms with Gasteiger partial charge in [0.1, 0.15) is 11.9 Å². The number of hydrogen-bond donors (Lipinski definition) is 2. The van der Waals surface area contributed by atoms with Gasteiger partial charge >= 0.3 is 0 Å². The molecule has 0 bridgehead atoms. The van der Waals surface area contributed by atoms with Crippen LogP contribution in [0, 0.1) is 11.3 Å². The first-order chi connectivity index (χ1) is 8.28. The summed E-state index contributed by atoms with van der Waals surface area (Å²) in [7, 11) is 0. The third kappa shape index (κ3) is 3.16. The van der Waals surface area contributed by atoms with Crippen molar-refractivity contribution < 1.29 is 0 Å². The van der Waals surface area contributed by atoms with Crippen LogP contribution in [0.25, 0.3) is 0 Å². The molecule has 0 aliphatic rings. The van der Waals surface area contributed by atoms with E-state index in [0.29, 0.717) is 10.7 Å². The number of pyridine rings is 1. The Hall–Kier alpha value is -2.13. The van der Waals surface area contributed by atoms with E-state index < -0.39 is 0 Å². The van der Waals surface area contributed by atoms with Crippen LogP contribution in [0.5, 0.6) is 0 Å². The molecule has 0 saturated heterocycles. The Morgan fingerprint density at radius 2 is 2.35 bits per heavy atom. The van der Waals surface area contributed by atoms with E-state index in [1.807, 2.05) is 11.4 Å². The van der Waals surface area contributed by atoms with Crippen LogP contribution in [0.1, 0.15) is 11.3 Å². The second kappa shape index (κ2) is 5.27. The Morgan fingerprint density at radius 3 is 2.94 bits per heavy atom. The summed E-state index contributed by atoms with van der Waals surface area (Å²) < 4.78 is 0. The monoisotopic (exact) mass is 245 g/mol. The van der Waals surface area contributed by atoms with Crippen molar-refractivity contribution in [2.45, 2.75) is 6.42 Å². The molecule has 0 atom stereocenters. The molecule has 86 valence electrons. The lowest BCUT2D eigenvalue weighted by molar-refractivity contribution is 0.970. The van der Waals surface area contributed by atoms with Gasteiger partial charge < -0.3 is 11.1 Å².